The van der Waals surface area contributed by atoms with Crippen LogP contribution in [0.4, 0.5) is 5.82 Å². The lowest BCUT2D eigenvalue weighted by molar-refractivity contribution is 0.0947. The Morgan fingerprint density at radius 3 is 2.74 bits per heavy atom. The molecule has 1 fully saturated rings. The molecule has 2 heterocycles. The first-order valence-corrected chi connectivity index (χ1v) is 8.67. The number of pyridine rings is 1. The minimum Gasteiger partial charge on any atom is -0.368 e. The van der Waals surface area contributed by atoms with E-state index in [0.29, 0.717) is 23.4 Å². The first kappa shape index (κ1) is 17.7. The highest BCUT2D eigenvalue weighted by molar-refractivity contribution is 5.94. The molecule has 0 bridgehead atoms. The molecule has 2 N–H and O–H groups in total. The highest BCUT2D eigenvalue weighted by Gasteiger charge is 2.23. The molecule has 1 aliphatic heterocycles. The van der Waals surface area contributed by atoms with Gasteiger partial charge in [0.25, 0.3) is 5.91 Å². The third kappa shape index (κ3) is 5.82. The quantitative estimate of drug-likeness (QED) is 0.811. The average Bonchev–Trinajstić information content (AvgIpc) is 2.91. The maximum absolute atomic E-state index is 12.2. The number of aromatic nitrogens is 1. The summed E-state index contributed by atoms with van der Waals surface area (Å²) in [6, 6.07) is 4.01. The molecule has 5 heteroatoms. The zero-order valence-corrected chi connectivity index (χ0v) is 14.8. The summed E-state index contributed by atoms with van der Waals surface area (Å²) in [4.78, 5) is 19.0. The third-order valence-corrected chi connectivity index (χ3v) is 4.01. The first-order chi connectivity index (χ1) is 10.9. The fourth-order valence-electron chi connectivity index (χ4n) is 3.01. The zero-order chi connectivity index (χ0) is 16.8. The van der Waals surface area contributed by atoms with Crippen LogP contribution in [0, 0.1) is 11.8 Å². The van der Waals surface area contributed by atoms with Crippen LogP contribution in [-0.4, -0.2) is 48.0 Å². The molecule has 1 saturated heterocycles. The predicted molar refractivity (Wildman–Crippen MR) is 94.7 cm³/mol. The van der Waals surface area contributed by atoms with Gasteiger partial charge < -0.3 is 15.5 Å². The molecule has 5 nitrogen and oxygen atoms in total. The zero-order valence-electron chi connectivity index (χ0n) is 14.8. The highest BCUT2D eigenvalue weighted by atomic mass is 16.1. The van der Waals surface area contributed by atoms with Crippen LogP contribution in [0.1, 0.15) is 44.5 Å². The summed E-state index contributed by atoms with van der Waals surface area (Å²) >= 11 is 0. The smallest absolute Gasteiger partial charge is 0.252 e. The third-order valence-electron chi connectivity index (χ3n) is 4.01. The summed E-state index contributed by atoms with van der Waals surface area (Å²) in [7, 11) is 0. The minimum atomic E-state index is -0.0316. The van der Waals surface area contributed by atoms with E-state index < -0.39 is 0 Å². The molecule has 2 rings (SSSR count). The van der Waals surface area contributed by atoms with E-state index >= 15 is 0 Å². The fourth-order valence-corrected chi connectivity index (χ4v) is 3.01. The number of hydrogen-bond donors (Lipinski definition) is 2. The van der Waals surface area contributed by atoms with Gasteiger partial charge in [0.1, 0.15) is 5.82 Å². The number of nitrogens with zero attached hydrogens (tertiary/aromatic N) is 2. The predicted octanol–water partition coefficient (Wildman–Crippen LogP) is 2.61. The van der Waals surface area contributed by atoms with Crippen LogP contribution in [-0.2, 0) is 0 Å². The van der Waals surface area contributed by atoms with Gasteiger partial charge in [0, 0.05) is 31.9 Å². The van der Waals surface area contributed by atoms with Crippen LogP contribution in [0.2, 0.25) is 0 Å². The van der Waals surface area contributed by atoms with Crippen LogP contribution < -0.4 is 10.6 Å². The SMILES string of the molecule is CC(C)CN1CC[C@@H](CNC(=O)c2ccc(NC(C)C)nc2)C1. The Bertz CT molecular complexity index is 498. The number of rotatable bonds is 7. The lowest BCUT2D eigenvalue weighted by Gasteiger charge is -2.18. The molecule has 0 aliphatic carbocycles. The van der Waals surface area contributed by atoms with Crippen LogP contribution in [0.15, 0.2) is 18.3 Å². The van der Waals surface area contributed by atoms with Gasteiger partial charge in [0.05, 0.1) is 5.56 Å². The minimum absolute atomic E-state index is 0.0316. The van der Waals surface area contributed by atoms with Gasteiger partial charge in [0.15, 0.2) is 0 Å². The second kappa shape index (κ2) is 8.29. The van der Waals surface area contributed by atoms with Gasteiger partial charge in [-0.05, 0) is 50.8 Å². The monoisotopic (exact) mass is 318 g/mol. The van der Waals surface area contributed by atoms with Gasteiger partial charge in [-0.25, -0.2) is 4.98 Å². The summed E-state index contributed by atoms with van der Waals surface area (Å²) in [5.74, 6) is 2.03. The molecule has 1 amide bonds. The van der Waals surface area contributed by atoms with E-state index in [1.165, 1.54) is 6.42 Å². The molecule has 1 atom stereocenters. The van der Waals surface area contributed by atoms with Gasteiger partial charge >= 0.3 is 0 Å². The van der Waals surface area contributed by atoms with E-state index in [-0.39, 0.29) is 5.91 Å². The number of carbonyl (C=O) groups is 1. The average molecular weight is 318 g/mol. The normalized spacial score (nSPS) is 18.6. The van der Waals surface area contributed by atoms with Crippen molar-refractivity contribution in [1.82, 2.24) is 15.2 Å². The highest BCUT2D eigenvalue weighted by Crippen LogP contribution is 2.16. The number of anilines is 1. The summed E-state index contributed by atoms with van der Waals surface area (Å²) < 4.78 is 0. The van der Waals surface area contributed by atoms with Gasteiger partial charge in [0.2, 0.25) is 0 Å². The van der Waals surface area contributed by atoms with Crippen molar-refractivity contribution in [2.75, 3.05) is 31.5 Å². The van der Waals surface area contributed by atoms with Crippen LogP contribution >= 0.6 is 0 Å². The Balaban J connectivity index is 1.77. The van der Waals surface area contributed by atoms with Crippen molar-refractivity contribution in [2.45, 2.75) is 40.2 Å². The van der Waals surface area contributed by atoms with E-state index in [1.54, 1.807) is 6.20 Å². The van der Waals surface area contributed by atoms with Crippen LogP contribution in [0.3, 0.4) is 0 Å². The molecule has 128 valence electrons. The lowest BCUT2D eigenvalue weighted by atomic mass is 10.1. The number of likely N-dealkylation sites (tertiary alicyclic amines) is 1. The molecule has 0 saturated carbocycles. The van der Waals surface area contributed by atoms with Crippen LogP contribution in [0.25, 0.3) is 0 Å². The van der Waals surface area contributed by atoms with Gasteiger partial charge in [-0.1, -0.05) is 13.8 Å². The first-order valence-electron chi connectivity index (χ1n) is 8.67. The van der Waals surface area contributed by atoms with Crippen molar-refractivity contribution < 1.29 is 4.79 Å². The van der Waals surface area contributed by atoms with Crippen molar-refractivity contribution >= 4 is 11.7 Å². The number of hydrogen-bond acceptors (Lipinski definition) is 4. The molecule has 1 aromatic rings. The summed E-state index contributed by atoms with van der Waals surface area (Å²) in [5.41, 5.74) is 0.622. The Morgan fingerprint density at radius 1 is 1.35 bits per heavy atom. The largest absolute Gasteiger partial charge is 0.368 e. The summed E-state index contributed by atoms with van der Waals surface area (Å²) in [6.07, 6.45) is 2.81. The molecule has 0 spiro atoms. The molecular formula is C18H30N4O. The van der Waals surface area contributed by atoms with Gasteiger partial charge in [-0.2, -0.15) is 0 Å². The summed E-state index contributed by atoms with van der Waals surface area (Å²) in [6.45, 7) is 12.8. The van der Waals surface area contributed by atoms with Crippen molar-refractivity contribution in [3.05, 3.63) is 23.9 Å². The summed E-state index contributed by atoms with van der Waals surface area (Å²) in [5, 5.41) is 6.27. The van der Waals surface area contributed by atoms with Crippen molar-refractivity contribution in [3.63, 3.8) is 0 Å². The van der Waals surface area contributed by atoms with E-state index in [4.69, 9.17) is 0 Å². The molecule has 1 aliphatic rings. The van der Waals surface area contributed by atoms with Crippen molar-refractivity contribution in [1.29, 1.82) is 0 Å². The second-order valence-electron chi connectivity index (χ2n) is 7.25. The fraction of sp³-hybridized carbons (Fsp3) is 0.667. The van der Waals surface area contributed by atoms with E-state index in [2.05, 4.69) is 48.2 Å². The van der Waals surface area contributed by atoms with E-state index in [1.807, 2.05) is 12.1 Å². The Labute approximate surface area is 139 Å². The molecule has 1 aromatic heterocycles. The number of amides is 1. The molecule has 23 heavy (non-hydrogen) atoms. The van der Waals surface area contributed by atoms with Crippen LogP contribution in [0.5, 0.6) is 0 Å². The topological polar surface area (TPSA) is 57.3 Å². The van der Waals surface area contributed by atoms with Crippen molar-refractivity contribution in [3.8, 4) is 0 Å². The number of nitrogens with one attached hydrogen (secondary N) is 2. The maximum Gasteiger partial charge on any atom is 0.252 e. The van der Waals surface area contributed by atoms with Gasteiger partial charge in [-0.3, -0.25) is 4.79 Å². The van der Waals surface area contributed by atoms with Crippen molar-refractivity contribution in [2.24, 2.45) is 11.8 Å². The number of carbonyl (C=O) groups excluding carboxylic acids is 1. The van der Waals surface area contributed by atoms with Gasteiger partial charge in [-0.15, -0.1) is 0 Å². The lowest BCUT2D eigenvalue weighted by Crippen LogP contribution is -2.32. The Morgan fingerprint density at radius 2 is 2.13 bits per heavy atom. The molecular weight excluding hydrogens is 288 g/mol. The molecule has 0 aromatic carbocycles. The second-order valence-corrected chi connectivity index (χ2v) is 7.25. The standard InChI is InChI=1S/C18H30N4O/c1-13(2)11-22-8-7-15(12-22)9-20-18(23)16-5-6-17(19-10-16)21-14(3)4/h5-6,10,13-15H,7-9,11-12H2,1-4H3,(H,19,21)(H,20,23)/t15-/m0/s1. The maximum atomic E-state index is 12.2. The van der Waals surface area contributed by atoms with E-state index in [0.717, 1.165) is 32.0 Å². The van der Waals surface area contributed by atoms with E-state index in [9.17, 15) is 4.79 Å². The Hall–Kier alpha value is -1.62. The molecule has 0 radical (unpaired) electrons. The molecule has 0 unspecified atom stereocenters. The Kier molecular flexibility index (Phi) is 6.39.